The standard InChI is InChI=1S/C44H47N3O16/c1-22-14-23(2)16-26(15-22)35-34-25(10-12-46-34)18-47(35)63-43(20-49)38(54)37(53)39(44(58,21-50)62-41(57)33(40(55)56)31(45-3)11-13-48)61-42(43)60-28-8-9-29-32(17-28)59-19-30(36(29)52)24-4-6-27(51)7-5-24/h4-10,12,14-17,19,31,33,37-39,42,45,48-51,53-54,58H,11,13,18,20-21H2,1-3H3,(H,55,56)/p+1/t31-,33+,37-,38-,39-,42+,43+,44-/m1/s1. The Morgan fingerprint density at radius 2 is 1.75 bits per heavy atom. The molecule has 0 amide bonds. The second kappa shape index (κ2) is 18.1. The first-order valence-electron chi connectivity index (χ1n) is 19.9. The third kappa shape index (κ3) is 8.51. The average molecular weight is 875 g/mol. The lowest BCUT2D eigenvalue weighted by molar-refractivity contribution is -1.04. The number of nitrogens with one attached hydrogen (secondary N) is 2. The zero-order valence-corrected chi connectivity index (χ0v) is 34.3. The van der Waals surface area contributed by atoms with Gasteiger partial charge < -0.3 is 64.8 Å². The summed E-state index contributed by atoms with van der Waals surface area (Å²) in [5.41, 5.74) is 2.03. The number of aliphatic hydroxyl groups excluding tert-OH is 5. The molecule has 0 radical (unpaired) electrons. The van der Waals surface area contributed by atoms with E-state index in [1.165, 1.54) is 55.8 Å². The van der Waals surface area contributed by atoms with Crippen molar-refractivity contribution in [3.05, 3.63) is 111 Å². The number of aliphatic hydroxyl groups is 6. The number of carbonyl (C=O) groups excluding carboxylic acids is 1. The molecule has 3 aromatic carbocycles. The number of carboxylic acid groups (broad SMARTS) is 1. The van der Waals surface area contributed by atoms with Crippen molar-refractivity contribution in [1.29, 1.82) is 0 Å². The molecule has 1 saturated heterocycles. The van der Waals surface area contributed by atoms with E-state index in [0.717, 1.165) is 16.7 Å². The van der Waals surface area contributed by atoms with Gasteiger partial charge in [-0.25, -0.2) is 4.99 Å². The summed E-state index contributed by atoms with van der Waals surface area (Å²) in [5, 5.41) is 89.7. The molecule has 0 saturated carbocycles. The lowest BCUT2D eigenvalue weighted by Gasteiger charge is -2.51. The van der Waals surface area contributed by atoms with Crippen LogP contribution < -0.4 is 20.5 Å². The molecule has 10 N–H and O–H groups in total. The first-order chi connectivity index (χ1) is 30.1. The number of ether oxygens (including phenoxy) is 3. The van der Waals surface area contributed by atoms with E-state index < -0.39 is 85.1 Å². The number of benzene rings is 3. The van der Waals surface area contributed by atoms with Gasteiger partial charge in [-0.3, -0.25) is 14.4 Å². The number of hydrogen-bond donors (Lipinski definition) is 10. The largest absolute Gasteiger partial charge is 0.508 e. The SMILES string of the molecule is CN[C@H](CCO)[C@@H](C(=O)O)C(=O)O[C@](O)(CO)[C@@H]1O[C@H](Oc2ccc3c(=O)c(-c4ccc(O)cc4)coc3c2)[C@@](CO)(O[NH+]2CC3=CC=NC3=C2c2cc(C)cc(C)c2)[C@H](O)[C@H]1O. The first kappa shape index (κ1) is 45.2. The molecule has 63 heavy (non-hydrogen) atoms. The summed E-state index contributed by atoms with van der Waals surface area (Å²) in [7, 11) is 1.33. The molecular weight excluding hydrogens is 826 g/mol. The molecule has 4 heterocycles. The third-order valence-corrected chi connectivity index (χ3v) is 11.4. The number of allylic oxidation sites excluding steroid dienone is 1. The fourth-order valence-corrected chi connectivity index (χ4v) is 8.21. The predicted octanol–water partition coefficient (Wildman–Crippen LogP) is -0.556. The highest BCUT2D eigenvalue weighted by molar-refractivity contribution is 5.95. The summed E-state index contributed by atoms with van der Waals surface area (Å²) in [6.07, 6.45) is -4.69. The Kier molecular flexibility index (Phi) is 13.0. The van der Waals surface area contributed by atoms with Gasteiger partial charge in [0.25, 0.3) is 5.79 Å². The van der Waals surface area contributed by atoms with Gasteiger partial charge in [0.2, 0.25) is 11.9 Å². The molecule has 1 fully saturated rings. The second-order valence-corrected chi connectivity index (χ2v) is 15.7. The van der Waals surface area contributed by atoms with Gasteiger partial charge in [-0.05, 0) is 75.4 Å². The van der Waals surface area contributed by atoms with Gasteiger partial charge in [-0.1, -0.05) is 29.3 Å². The number of nitrogens with zero attached hydrogens (tertiary/aromatic N) is 1. The van der Waals surface area contributed by atoms with E-state index >= 15 is 0 Å². The number of aromatic hydroxyl groups is 1. The van der Waals surface area contributed by atoms with Crippen LogP contribution in [0, 0.1) is 19.8 Å². The minimum Gasteiger partial charge on any atom is -0.508 e. The lowest BCUT2D eigenvalue weighted by Crippen LogP contribution is -3.10. The summed E-state index contributed by atoms with van der Waals surface area (Å²) < 4.78 is 23.4. The van der Waals surface area contributed by atoms with Crippen LogP contribution in [0.1, 0.15) is 23.1 Å². The number of aryl methyl sites for hydroxylation is 2. The number of fused-ring (bicyclic) bond motifs is 2. The molecule has 334 valence electrons. The van der Waals surface area contributed by atoms with Crippen LogP contribution in [0.2, 0.25) is 0 Å². The van der Waals surface area contributed by atoms with E-state index in [1.807, 2.05) is 32.0 Å². The van der Waals surface area contributed by atoms with Crippen LogP contribution in [0.5, 0.6) is 11.5 Å². The van der Waals surface area contributed by atoms with Crippen molar-refractivity contribution in [3.8, 4) is 22.6 Å². The number of hydroxylamine groups is 2. The third-order valence-electron chi connectivity index (χ3n) is 11.4. The Balaban J connectivity index is 1.30. The van der Waals surface area contributed by atoms with E-state index in [1.54, 1.807) is 12.3 Å². The summed E-state index contributed by atoms with van der Waals surface area (Å²) in [6, 6.07) is 14.4. The van der Waals surface area contributed by atoms with E-state index in [-0.39, 0.29) is 46.1 Å². The molecule has 1 aromatic heterocycles. The zero-order chi connectivity index (χ0) is 45.4. The number of quaternary nitrogens is 1. The minimum absolute atomic E-state index is 0.00288. The Morgan fingerprint density at radius 3 is 2.38 bits per heavy atom. The van der Waals surface area contributed by atoms with Crippen LogP contribution >= 0.6 is 0 Å². The normalized spacial score (nSPS) is 25.0. The number of aliphatic carboxylic acids is 1. The molecule has 19 nitrogen and oxygen atoms in total. The van der Waals surface area contributed by atoms with Gasteiger partial charge in [0, 0.05) is 36.1 Å². The fraction of sp³-hybridized carbons (Fsp3) is 0.364. The fourth-order valence-electron chi connectivity index (χ4n) is 8.21. The number of hydrogen-bond acceptors (Lipinski definition) is 17. The topological polar surface area (TPSA) is 292 Å². The van der Waals surface area contributed by atoms with Crippen molar-refractivity contribution in [3.63, 3.8) is 0 Å². The van der Waals surface area contributed by atoms with Gasteiger partial charge in [-0.2, -0.15) is 9.90 Å². The highest BCUT2D eigenvalue weighted by Crippen LogP contribution is 2.40. The van der Waals surface area contributed by atoms with Gasteiger partial charge >= 0.3 is 11.9 Å². The lowest BCUT2D eigenvalue weighted by atomic mass is 9.84. The smallest absolute Gasteiger partial charge is 0.324 e. The summed E-state index contributed by atoms with van der Waals surface area (Å²) in [6.45, 7) is 0.719. The Hall–Kier alpha value is -5.84. The van der Waals surface area contributed by atoms with Crippen molar-refractivity contribution in [1.82, 2.24) is 5.32 Å². The quantitative estimate of drug-likeness (QED) is 0.0384. The number of rotatable bonds is 16. The van der Waals surface area contributed by atoms with Gasteiger partial charge in [0.1, 0.15) is 54.4 Å². The van der Waals surface area contributed by atoms with Crippen LogP contribution in [-0.2, 0) is 23.9 Å². The number of phenols is 1. The van der Waals surface area contributed by atoms with Crippen molar-refractivity contribution in [2.75, 3.05) is 33.4 Å². The molecule has 19 heteroatoms. The molecule has 3 aliphatic heterocycles. The predicted molar refractivity (Wildman–Crippen MR) is 221 cm³/mol. The molecule has 7 rings (SSSR count). The van der Waals surface area contributed by atoms with Crippen molar-refractivity contribution < 1.29 is 79.0 Å². The average Bonchev–Trinajstić information content (AvgIpc) is 3.84. The van der Waals surface area contributed by atoms with Crippen LogP contribution in [-0.4, -0.2) is 134 Å². The molecule has 3 aliphatic rings. The number of carbonyl (C=O) groups is 2. The van der Waals surface area contributed by atoms with Crippen LogP contribution in [0.15, 0.2) is 98.5 Å². The maximum absolute atomic E-state index is 13.6. The number of carboxylic acids is 1. The maximum atomic E-state index is 13.6. The van der Waals surface area contributed by atoms with E-state index in [0.29, 0.717) is 22.5 Å². The molecule has 1 unspecified atom stereocenters. The molecule has 0 aliphatic carbocycles. The Bertz CT molecular complexity index is 2520. The second-order valence-electron chi connectivity index (χ2n) is 15.7. The number of aliphatic imine (C=N–C) groups is 1. The highest BCUT2D eigenvalue weighted by Gasteiger charge is 2.66. The highest BCUT2D eigenvalue weighted by atomic mass is 16.8. The van der Waals surface area contributed by atoms with Gasteiger partial charge in [-0.15, -0.1) is 0 Å². The van der Waals surface area contributed by atoms with Gasteiger partial charge in [0.05, 0.1) is 17.6 Å². The van der Waals surface area contributed by atoms with Crippen molar-refractivity contribution in [2.24, 2.45) is 10.9 Å². The summed E-state index contributed by atoms with van der Waals surface area (Å²) in [5.74, 6) is -8.77. The molecular formula is C44H48N3O16+. The maximum Gasteiger partial charge on any atom is 0.324 e. The monoisotopic (exact) mass is 874 g/mol. The van der Waals surface area contributed by atoms with E-state index in [4.69, 9.17) is 23.5 Å². The molecule has 4 aromatic rings. The van der Waals surface area contributed by atoms with Crippen LogP contribution in [0.3, 0.4) is 0 Å². The minimum atomic E-state index is -3.28. The summed E-state index contributed by atoms with van der Waals surface area (Å²) in [4.78, 5) is 50.5. The molecule has 0 spiro atoms. The number of phenolic OH excluding ortho intramolecular Hbond substituents is 1. The van der Waals surface area contributed by atoms with Crippen molar-refractivity contribution in [2.45, 2.75) is 62.3 Å². The van der Waals surface area contributed by atoms with Crippen molar-refractivity contribution >= 4 is 34.8 Å². The van der Waals surface area contributed by atoms with Gasteiger partial charge in [0.15, 0.2) is 23.1 Å². The van der Waals surface area contributed by atoms with Crippen LogP contribution in [0.4, 0.5) is 0 Å². The van der Waals surface area contributed by atoms with E-state index in [2.05, 4.69) is 10.3 Å². The van der Waals surface area contributed by atoms with E-state index in [9.17, 15) is 55.2 Å². The molecule has 0 bridgehead atoms. The first-order valence-corrected chi connectivity index (χ1v) is 19.9. The zero-order valence-electron chi connectivity index (χ0n) is 34.3. The molecule has 9 atom stereocenters. The number of esters is 1. The Labute approximate surface area is 358 Å². The summed E-state index contributed by atoms with van der Waals surface area (Å²) >= 11 is 0. The Morgan fingerprint density at radius 1 is 1.03 bits per heavy atom. The van der Waals surface area contributed by atoms with Crippen LogP contribution in [0.25, 0.3) is 27.8 Å².